The summed E-state index contributed by atoms with van der Waals surface area (Å²) in [7, 11) is 1.33. The Bertz CT molecular complexity index is 521. The van der Waals surface area contributed by atoms with Crippen LogP contribution >= 0.6 is 0 Å². The number of aromatic nitrogens is 1. The molecule has 0 bridgehead atoms. The Morgan fingerprint density at radius 2 is 2.20 bits per heavy atom. The van der Waals surface area contributed by atoms with Crippen molar-refractivity contribution in [3.05, 3.63) is 24.0 Å². The maximum absolute atomic E-state index is 12.7. The topological polar surface area (TPSA) is 60.8 Å². The van der Waals surface area contributed by atoms with Crippen LogP contribution < -0.4 is 0 Å². The molecule has 1 aliphatic heterocycles. The average Bonchev–Trinajstić information content (AvgIpc) is 3.23. The van der Waals surface area contributed by atoms with E-state index in [1.54, 1.807) is 4.90 Å². The SMILES string of the molecule is COC(=O)C1COCCN1C(=O)c1cccn1C1CC1. The van der Waals surface area contributed by atoms with Crippen LogP contribution in [0, 0.1) is 0 Å². The number of hydrogen-bond acceptors (Lipinski definition) is 4. The second-order valence-corrected chi connectivity index (χ2v) is 5.14. The molecule has 2 aliphatic rings. The van der Waals surface area contributed by atoms with E-state index in [9.17, 15) is 9.59 Å². The van der Waals surface area contributed by atoms with Crippen LogP contribution in [-0.4, -0.2) is 54.3 Å². The van der Waals surface area contributed by atoms with Crippen molar-refractivity contribution in [3.63, 3.8) is 0 Å². The third kappa shape index (κ3) is 2.31. The first-order chi connectivity index (χ1) is 9.72. The molecule has 2 fully saturated rings. The van der Waals surface area contributed by atoms with Gasteiger partial charge in [0.25, 0.3) is 5.91 Å². The Morgan fingerprint density at radius 1 is 1.40 bits per heavy atom. The molecule has 1 aromatic heterocycles. The quantitative estimate of drug-likeness (QED) is 0.769. The molecule has 1 aromatic rings. The minimum atomic E-state index is -0.649. The van der Waals surface area contributed by atoms with E-state index in [0.717, 1.165) is 12.8 Å². The van der Waals surface area contributed by atoms with Crippen LogP contribution in [0.1, 0.15) is 29.4 Å². The van der Waals surface area contributed by atoms with Crippen molar-refractivity contribution < 1.29 is 19.1 Å². The molecule has 0 aromatic carbocycles. The summed E-state index contributed by atoms with van der Waals surface area (Å²) >= 11 is 0. The number of carbonyl (C=O) groups is 2. The molecular formula is C14H18N2O4. The molecule has 0 radical (unpaired) electrons. The lowest BCUT2D eigenvalue weighted by molar-refractivity contribution is -0.151. The van der Waals surface area contributed by atoms with Crippen LogP contribution in [0.15, 0.2) is 18.3 Å². The van der Waals surface area contributed by atoms with Gasteiger partial charge in [-0.15, -0.1) is 0 Å². The molecule has 3 rings (SSSR count). The molecule has 0 spiro atoms. The number of hydrogen-bond donors (Lipinski definition) is 0. The van der Waals surface area contributed by atoms with E-state index in [1.165, 1.54) is 7.11 Å². The van der Waals surface area contributed by atoms with Gasteiger partial charge in [0, 0.05) is 18.8 Å². The summed E-state index contributed by atoms with van der Waals surface area (Å²) < 4.78 is 12.1. The van der Waals surface area contributed by atoms with Crippen molar-refractivity contribution >= 4 is 11.9 Å². The first kappa shape index (κ1) is 13.2. The van der Waals surface area contributed by atoms with Gasteiger partial charge in [-0.25, -0.2) is 4.79 Å². The normalized spacial score (nSPS) is 22.6. The highest BCUT2D eigenvalue weighted by Crippen LogP contribution is 2.36. The molecule has 1 atom stereocenters. The fourth-order valence-corrected chi connectivity index (χ4v) is 2.57. The average molecular weight is 278 g/mol. The highest BCUT2D eigenvalue weighted by Gasteiger charge is 2.36. The van der Waals surface area contributed by atoms with Gasteiger partial charge >= 0.3 is 5.97 Å². The summed E-state index contributed by atoms with van der Waals surface area (Å²) in [5.74, 6) is -0.553. The standard InChI is InChI=1S/C14H18N2O4/c1-19-14(18)12-9-20-8-7-16(12)13(17)11-3-2-6-15(11)10-4-5-10/h2-3,6,10,12H,4-5,7-9H2,1H3. The van der Waals surface area contributed by atoms with Crippen LogP contribution in [0.3, 0.4) is 0 Å². The molecule has 0 N–H and O–H groups in total. The number of amides is 1. The lowest BCUT2D eigenvalue weighted by Crippen LogP contribution is -2.53. The highest BCUT2D eigenvalue weighted by atomic mass is 16.5. The first-order valence-electron chi connectivity index (χ1n) is 6.85. The van der Waals surface area contributed by atoms with E-state index in [0.29, 0.717) is 24.9 Å². The summed E-state index contributed by atoms with van der Waals surface area (Å²) in [6.07, 6.45) is 4.15. The number of morpholine rings is 1. The monoisotopic (exact) mass is 278 g/mol. The van der Waals surface area contributed by atoms with E-state index in [2.05, 4.69) is 0 Å². The van der Waals surface area contributed by atoms with Gasteiger partial charge in [-0.05, 0) is 25.0 Å². The molecule has 108 valence electrons. The van der Waals surface area contributed by atoms with E-state index >= 15 is 0 Å². The Morgan fingerprint density at radius 3 is 2.90 bits per heavy atom. The molecule has 6 nitrogen and oxygen atoms in total. The van der Waals surface area contributed by atoms with Gasteiger partial charge in [0.1, 0.15) is 5.69 Å². The maximum atomic E-state index is 12.7. The van der Waals surface area contributed by atoms with E-state index in [-0.39, 0.29) is 12.5 Å². The summed E-state index contributed by atoms with van der Waals surface area (Å²) in [6, 6.07) is 3.47. The number of rotatable bonds is 3. The molecule has 1 unspecified atom stereocenters. The van der Waals surface area contributed by atoms with Crippen molar-refractivity contribution in [2.75, 3.05) is 26.9 Å². The van der Waals surface area contributed by atoms with E-state index in [1.807, 2.05) is 22.9 Å². The molecule has 20 heavy (non-hydrogen) atoms. The third-order valence-corrected chi connectivity index (χ3v) is 3.80. The van der Waals surface area contributed by atoms with Crippen molar-refractivity contribution in [2.45, 2.75) is 24.9 Å². The largest absolute Gasteiger partial charge is 0.467 e. The number of esters is 1. The summed E-state index contributed by atoms with van der Waals surface area (Å²) in [5.41, 5.74) is 0.642. The molecule has 1 aliphatic carbocycles. The Balaban J connectivity index is 1.83. The molecule has 1 saturated carbocycles. The second kappa shape index (κ2) is 5.28. The van der Waals surface area contributed by atoms with Crippen LogP contribution in [0.4, 0.5) is 0 Å². The molecular weight excluding hydrogens is 260 g/mol. The maximum Gasteiger partial charge on any atom is 0.331 e. The van der Waals surface area contributed by atoms with Gasteiger partial charge in [-0.1, -0.05) is 0 Å². The van der Waals surface area contributed by atoms with Crippen molar-refractivity contribution in [3.8, 4) is 0 Å². The summed E-state index contributed by atoms with van der Waals surface area (Å²) in [6.45, 7) is 1.06. The first-order valence-corrected chi connectivity index (χ1v) is 6.85. The number of ether oxygens (including phenoxy) is 2. The van der Waals surface area contributed by atoms with Gasteiger partial charge < -0.3 is 18.9 Å². The lowest BCUT2D eigenvalue weighted by atomic mass is 10.2. The zero-order chi connectivity index (χ0) is 14.1. The van der Waals surface area contributed by atoms with Gasteiger partial charge in [0.2, 0.25) is 0 Å². The van der Waals surface area contributed by atoms with Crippen LogP contribution in [-0.2, 0) is 14.3 Å². The van der Waals surface area contributed by atoms with Gasteiger partial charge in [0.05, 0.1) is 20.3 Å². The van der Waals surface area contributed by atoms with E-state index in [4.69, 9.17) is 9.47 Å². The predicted octanol–water partition coefficient (Wildman–Crippen LogP) is 0.837. The van der Waals surface area contributed by atoms with Crippen LogP contribution in [0.5, 0.6) is 0 Å². The highest BCUT2D eigenvalue weighted by molar-refractivity contribution is 5.95. The van der Waals surface area contributed by atoms with Crippen molar-refractivity contribution in [1.29, 1.82) is 0 Å². The van der Waals surface area contributed by atoms with Gasteiger partial charge in [-0.2, -0.15) is 0 Å². The Kier molecular flexibility index (Phi) is 3.48. The van der Waals surface area contributed by atoms with Gasteiger partial charge in [0.15, 0.2) is 6.04 Å². The number of methoxy groups -OCH3 is 1. The van der Waals surface area contributed by atoms with Crippen LogP contribution in [0.2, 0.25) is 0 Å². The van der Waals surface area contributed by atoms with Crippen LogP contribution in [0.25, 0.3) is 0 Å². The minimum Gasteiger partial charge on any atom is -0.467 e. The minimum absolute atomic E-state index is 0.124. The predicted molar refractivity (Wildman–Crippen MR) is 70.4 cm³/mol. The zero-order valence-corrected chi connectivity index (χ0v) is 11.4. The lowest BCUT2D eigenvalue weighted by Gasteiger charge is -2.33. The van der Waals surface area contributed by atoms with E-state index < -0.39 is 12.0 Å². The Hall–Kier alpha value is -1.82. The number of nitrogens with zero attached hydrogens (tertiary/aromatic N) is 2. The zero-order valence-electron chi connectivity index (χ0n) is 11.4. The number of carbonyl (C=O) groups excluding carboxylic acids is 2. The third-order valence-electron chi connectivity index (χ3n) is 3.80. The van der Waals surface area contributed by atoms with Gasteiger partial charge in [-0.3, -0.25) is 4.79 Å². The Labute approximate surface area is 117 Å². The van der Waals surface area contributed by atoms with Crippen molar-refractivity contribution in [2.24, 2.45) is 0 Å². The smallest absolute Gasteiger partial charge is 0.331 e. The summed E-state index contributed by atoms with van der Waals surface area (Å²) in [5, 5.41) is 0. The fraction of sp³-hybridized carbons (Fsp3) is 0.571. The molecule has 6 heteroatoms. The molecule has 2 heterocycles. The molecule has 1 saturated heterocycles. The molecule has 1 amide bonds. The second-order valence-electron chi connectivity index (χ2n) is 5.14. The van der Waals surface area contributed by atoms with Crippen molar-refractivity contribution in [1.82, 2.24) is 9.47 Å². The fourth-order valence-electron chi connectivity index (χ4n) is 2.57. The summed E-state index contributed by atoms with van der Waals surface area (Å²) in [4.78, 5) is 26.0.